The Hall–Kier alpha value is -1.59. The van der Waals surface area contributed by atoms with Gasteiger partial charge >= 0.3 is 0 Å². The molecule has 0 aliphatic rings. The molecule has 2 N–H and O–H groups in total. The molecule has 0 amide bonds. The van der Waals surface area contributed by atoms with Crippen molar-refractivity contribution in [1.82, 2.24) is 14.8 Å². The molecule has 5 nitrogen and oxygen atoms in total. The van der Waals surface area contributed by atoms with E-state index in [1.807, 2.05) is 12.1 Å². The predicted molar refractivity (Wildman–Crippen MR) is 75.1 cm³/mol. The fourth-order valence-electron chi connectivity index (χ4n) is 1.79. The average molecular weight is 281 g/mol. The smallest absolute Gasteiger partial charge is 0.137 e. The third kappa shape index (κ3) is 3.94. The summed E-state index contributed by atoms with van der Waals surface area (Å²) in [6.07, 6.45) is 4.13. The number of anilines is 1. The summed E-state index contributed by atoms with van der Waals surface area (Å²) in [5.41, 5.74) is 1.69. The third-order valence-electron chi connectivity index (χ3n) is 2.87. The van der Waals surface area contributed by atoms with Crippen LogP contribution in [0, 0.1) is 0 Å². The number of aliphatic hydroxyl groups excluding tert-OH is 1. The van der Waals surface area contributed by atoms with Gasteiger partial charge in [-0.1, -0.05) is 17.7 Å². The van der Waals surface area contributed by atoms with E-state index < -0.39 is 0 Å². The minimum atomic E-state index is 0.0131. The SMILES string of the molecule is CC(CCn1cncn1)Nc1cc(CO)ccc1Cl. The molecule has 1 aromatic carbocycles. The minimum Gasteiger partial charge on any atom is -0.392 e. The highest BCUT2D eigenvalue weighted by Gasteiger charge is 2.07. The van der Waals surface area contributed by atoms with Gasteiger partial charge in [0.25, 0.3) is 0 Å². The van der Waals surface area contributed by atoms with Gasteiger partial charge in [0.2, 0.25) is 0 Å². The average Bonchev–Trinajstić information content (AvgIpc) is 2.92. The molecule has 0 spiro atoms. The van der Waals surface area contributed by atoms with Crippen LogP contribution in [0.15, 0.2) is 30.9 Å². The zero-order valence-electron chi connectivity index (χ0n) is 10.8. The predicted octanol–water partition coefficient (Wildman–Crippen LogP) is 2.31. The quantitative estimate of drug-likeness (QED) is 0.852. The van der Waals surface area contributed by atoms with E-state index in [0.29, 0.717) is 5.02 Å². The Morgan fingerprint density at radius 1 is 1.47 bits per heavy atom. The lowest BCUT2D eigenvalue weighted by Crippen LogP contribution is -2.18. The number of aliphatic hydroxyl groups is 1. The van der Waals surface area contributed by atoms with Gasteiger partial charge in [0.05, 0.1) is 17.3 Å². The van der Waals surface area contributed by atoms with E-state index >= 15 is 0 Å². The zero-order valence-corrected chi connectivity index (χ0v) is 11.5. The Labute approximate surface area is 117 Å². The second-order valence-electron chi connectivity index (χ2n) is 4.46. The van der Waals surface area contributed by atoms with Gasteiger partial charge in [0.15, 0.2) is 0 Å². The molecule has 0 radical (unpaired) electrons. The van der Waals surface area contributed by atoms with E-state index in [0.717, 1.165) is 24.2 Å². The maximum atomic E-state index is 9.13. The molecule has 6 heteroatoms. The van der Waals surface area contributed by atoms with Crippen LogP contribution in [0.5, 0.6) is 0 Å². The maximum Gasteiger partial charge on any atom is 0.137 e. The van der Waals surface area contributed by atoms with E-state index in [2.05, 4.69) is 22.3 Å². The number of hydrogen-bond donors (Lipinski definition) is 2. The largest absolute Gasteiger partial charge is 0.392 e. The monoisotopic (exact) mass is 280 g/mol. The van der Waals surface area contributed by atoms with E-state index in [4.69, 9.17) is 16.7 Å². The normalized spacial score (nSPS) is 12.4. The molecule has 0 aliphatic carbocycles. The van der Waals surface area contributed by atoms with Crippen molar-refractivity contribution >= 4 is 17.3 Å². The molecule has 0 bridgehead atoms. The van der Waals surface area contributed by atoms with Crippen LogP contribution in [-0.2, 0) is 13.2 Å². The summed E-state index contributed by atoms with van der Waals surface area (Å²) in [7, 11) is 0. The van der Waals surface area contributed by atoms with Gasteiger partial charge in [0.1, 0.15) is 12.7 Å². The first kappa shape index (κ1) is 13.8. The van der Waals surface area contributed by atoms with Crippen LogP contribution in [0.1, 0.15) is 18.9 Å². The number of nitrogens with one attached hydrogen (secondary N) is 1. The molecule has 1 aromatic heterocycles. The van der Waals surface area contributed by atoms with E-state index in [1.54, 1.807) is 17.1 Å². The van der Waals surface area contributed by atoms with Crippen LogP contribution in [0.2, 0.25) is 5.02 Å². The molecular weight excluding hydrogens is 264 g/mol. The second-order valence-corrected chi connectivity index (χ2v) is 4.87. The lowest BCUT2D eigenvalue weighted by molar-refractivity contribution is 0.282. The number of rotatable bonds is 6. The van der Waals surface area contributed by atoms with Crippen LogP contribution in [0.25, 0.3) is 0 Å². The third-order valence-corrected chi connectivity index (χ3v) is 3.20. The number of aryl methyl sites for hydroxylation is 1. The van der Waals surface area contributed by atoms with E-state index in [-0.39, 0.29) is 12.6 Å². The van der Waals surface area contributed by atoms with Crippen molar-refractivity contribution in [2.75, 3.05) is 5.32 Å². The summed E-state index contributed by atoms with van der Waals surface area (Å²) in [4.78, 5) is 3.90. The van der Waals surface area contributed by atoms with Gasteiger partial charge in [-0.3, -0.25) is 4.68 Å². The van der Waals surface area contributed by atoms with Crippen molar-refractivity contribution in [3.8, 4) is 0 Å². The van der Waals surface area contributed by atoms with Gasteiger partial charge in [-0.25, -0.2) is 4.98 Å². The van der Waals surface area contributed by atoms with Crippen molar-refractivity contribution in [3.63, 3.8) is 0 Å². The molecule has 0 aliphatic heterocycles. The fourth-order valence-corrected chi connectivity index (χ4v) is 1.97. The van der Waals surface area contributed by atoms with Crippen LogP contribution in [0.3, 0.4) is 0 Å². The molecule has 0 saturated heterocycles. The van der Waals surface area contributed by atoms with E-state index in [9.17, 15) is 0 Å². The molecule has 1 unspecified atom stereocenters. The van der Waals surface area contributed by atoms with Gasteiger partial charge in [-0.05, 0) is 31.0 Å². The van der Waals surface area contributed by atoms with Crippen molar-refractivity contribution < 1.29 is 5.11 Å². The Kier molecular flexibility index (Phi) is 4.76. The molecule has 0 fully saturated rings. The summed E-state index contributed by atoms with van der Waals surface area (Å²) < 4.78 is 1.80. The number of nitrogens with zero attached hydrogens (tertiary/aromatic N) is 3. The summed E-state index contributed by atoms with van der Waals surface area (Å²) in [5, 5.41) is 17.2. The standard InChI is InChI=1S/C13H17ClN4O/c1-10(4-5-18-9-15-8-16-18)17-13-6-11(7-19)2-3-12(13)14/h2-3,6,8-10,17,19H,4-5,7H2,1H3. The van der Waals surface area contributed by atoms with Gasteiger partial charge in [-0.15, -0.1) is 0 Å². The van der Waals surface area contributed by atoms with Crippen LogP contribution < -0.4 is 5.32 Å². The fraction of sp³-hybridized carbons (Fsp3) is 0.385. The molecule has 102 valence electrons. The summed E-state index contributed by atoms with van der Waals surface area (Å²) in [6.45, 7) is 2.89. The molecule has 0 saturated carbocycles. The Balaban J connectivity index is 1.92. The highest BCUT2D eigenvalue weighted by molar-refractivity contribution is 6.33. The Morgan fingerprint density at radius 2 is 2.32 bits per heavy atom. The number of benzene rings is 1. The lowest BCUT2D eigenvalue weighted by Gasteiger charge is -2.17. The first-order valence-electron chi connectivity index (χ1n) is 6.17. The molecule has 2 rings (SSSR count). The van der Waals surface area contributed by atoms with Gasteiger partial charge < -0.3 is 10.4 Å². The number of aromatic nitrogens is 3. The van der Waals surface area contributed by atoms with Crippen molar-refractivity contribution in [2.24, 2.45) is 0 Å². The van der Waals surface area contributed by atoms with Crippen molar-refractivity contribution in [3.05, 3.63) is 41.4 Å². The summed E-state index contributed by atoms with van der Waals surface area (Å²) in [6, 6.07) is 5.72. The molecular formula is C13H17ClN4O. The minimum absolute atomic E-state index is 0.0131. The first-order chi connectivity index (χ1) is 9.19. The highest BCUT2D eigenvalue weighted by atomic mass is 35.5. The van der Waals surface area contributed by atoms with Crippen LogP contribution in [0.4, 0.5) is 5.69 Å². The van der Waals surface area contributed by atoms with Crippen molar-refractivity contribution in [2.45, 2.75) is 32.5 Å². The molecule has 19 heavy (non-hydrogen) atoms. The van der Waals surface area contributed by atoms with Gasteiger partial charge in [0, 0.05) is 12.6 Å². The Bertz CT molecular complexity index is 515. The highest BCUT2D eigenvalue weighted by Crippen LogP contribution is 2.24. The molecule has 1 heterocycles. The summed E-state index contributed by atoms with van der Waals surface area (Å²) >= 11 is 6.13. The number of hydrogen-bond acceptors (Lipinski definition) is 4. The van der Waals surface area contributed by atoms with Crippen molar-refractivity contribution in [1.29, 1.82) is 0 Å². The summed E-state index contributed by atoms with van der Waals surface area (Å²) in [5.74, 6) is 0. The first-order valence-corrected chi connectivity index (χ1v) is 6.55. The van der Waals surface area contributed by atoms with E-state index in [1.165, 1.54) is 6.33 Å². The van der Waals surface area contributed by atoms with Gasteiger partial charge in [-0.2, -0.15) is 5.10 Å². The lowest BCUT2D eigenvalue weighted by atomic mass is 10.1. The topological polar surface area (TPSA) is 63.0 Å². The second kappa shape index (κ2) is 6.54. The van der Waals surface area contributed by atoms with Crippen LogP contribution in [-0.4, -0.2) is 25.9 Å². The number of halogens is 1. The zero-order chi connectivity index (χ0) is 13.7. The van der Waals surface area contributed by atoms with Crippen LogP contribution >= 0.6 is 11.6 Å². The maximum absolute atomic E-state index is 9.13. The Morgan fingerprint density at radius 3 is 3.00 bits per heavy atom. The molecule has 2 aromatic rings. The molecule has 1 atom stereocenters.